The molecule has 0 spiro atoms. The second-order valence-electron chi connectivity index (χ2n) is 8.38. The maximum Gasteiger partial charge on any atom is 0.261 e. The standard InChI is InChI=1S/C26H30N4O2S/c1-17(25(31)29-22-13-19-9-5-6-10-20(19)14-22)32-26-24(28-15-21(27)16-33)12-11-23(30-26)18-7-3-2-4-8-18/h2-12,17,21-22,28,33H,13-16,27H2,1H3,(H,29,31). The predicted molar refractivity (Wildman–Crippen MR) is 136 cm³/mol. The van der Waals surface area contributed by atoms with Gasteiger partial charge in [-0.05, 0) is 43.0 Å². The fraction of sp³-hybridized carbons (Fsp3) is 0.308. The van der Waals surface area contributed by atoms with E-state index < -0.39 is 6.10 Å². The summed E-state index contributed by atoms with van der Waals surface area (Å²) in [5.74, 6) is 0.777. The van der Waals surface area contributed by atoms with Crippen LogP contribution in [0.25, 0.3) is 11.3 Å². The summed E-state index contributed by atoms with van der Waals surface area (Å²) in [5, 5.41) is 6.41. The third kappa shape index (κ3) is 5.86. The van der Waals surface area contributed by atoms with Crippen LogP contribution in [-0.4, -0.2) is 41.4 Å². The Morgan fingerprint density at radius 2 is 1.76 bits per heavy atom. The molecule has 0 saturated carbocycles. The average Bonchev–Trinajstić information content (AvgIpc) is 3.25. The van der Waals surface area contributed by atoms with Gasteiger partial charge in [-0.15, -0.1) is 0 Å². The molecule has 0 fully saturated rings. The Morgan fingerprint density at radius 1 is 1.09 bits per heavy atom. The Morgan fingerprint density at radius 3 is 2.42 bits per heavy atom. The zero-order valence-electron chi connectivity index (χ0n) is 18.7. The molecule has 1 aliphatic rings. The van der Waals surface area contributed by atoms with Gasteiger partial charge in [0, 0.05) is 29.9 Å². The number of pyridine rings is 1. The van der Waals surface area contributed by atoms with Gasteiger partial charge in [-0.25, -0.2) is 4.98 Å². The molecule has 2 atom stereocenters. The minimum atomic E-state index is -0.702. The van der Waals surface area contributed by atoms with Crippen LogP contribution in [0.1, 0.15) is 18.1 Å². The van der Waals surface area contributed by atoms with Crippen molar-refractivity contribution in [1.82, 2.24) is 10.3 Å². The number of benzene rings is 2. The summed E-state index contributed by atoms with van der Waals surface area (Å²) in [6, 6.07) is 22.0. The van der Waals surface area contributed by atoms with E-state index in [1.807, 2.05) is 54.6 Å². The first-order valence-corrected chi connectivity index (χ1v) is 11.9. The van der Waals surface area contributed by atoms with Gasteiger partial charge in [-0.3, -0.25) is 4.79 Å². The molecule has 7 heteroatoms. The minimum Gasteiger partial charge on any atom is -0.463 e. The van der Waals surface area contributed by atoms with Crippen molar-refractivity contribution in [2.45, 2.75) is 38.0 Å². The van der Waals surface area contributed by atoms with Gasteiger partial charge in [0.1, 0.15) is 0 Å². The van der Waals surface area contributed by atoms with Crippen molar-refractivity contribution in [3.8, 4) is 17.1 Å². The molecule has 3 aromatic rings. The lowest BCUT2D eigenvalue weighted by atomic mass is 10.1. The third-order valence-corrected chi connectivity index (χ3v) is 6.24. The highest BCUT2D eigenvalue weighted by Gasteiger charge is 2.26. The maximum absolute atomic E-state index is 12.9. The minimum absolute atomic E-state index is 0.0792. The summed E-state index contributed by atoms with van der Waals surface area (Å²) < 4.78 is 6.08. The van der Waals surface area contributed by atoms with E-state index in [0.717, 1.165) is 24.1 Å². The maximum atomic E-state index is 12.9. The van der Waals surface area contributed by atoms with Crippen LogP contribution < -0.4 is 21.1 Å². The highest BCUT2D eigenvalue weighted by atomic mass is 32.1. The Hall–Kier alpha value is -3.03. The lowest BCUT2D eigenvalue weighted by molar-refractivity contribution is -0.128. The van der Waals surface area contributed by atoms with E-state index in [1.165, 1.54) is 11.1 Å². The van der Waals surface area contributed by atoms with E-state index in [4.69, 9.17) is 15.5 Å². The Kier molecular flexibility index (Phi) is 7.52. The number of hydrogen-bond donors (Lipinski definition) is 4. The Bertz CT molecular complexity index is 1070. The molecule has 6 nitrogen and oxygen atoms in total. The number of amides is 1. The summed E-state index contributed by atoms with van der Waals surface area (Å²) in [7, 11) is 0. The van der Waals surface area contributed by atoms with Crippen molar-refractivity contribution in [2.24, 2.45) is 5.73 Å². The largest absolute Gasteiger partial charge is 0.463 e. The smallest absolute Gasteiger partial charge is 0.261 e. The number of carbonyl (C=O) groups is 1. The second kappa shape index (κ2) is 10.7. The zero-order chi connectivity index (χ0) is 23.2. The first-order valence-electron chi connectivity index (χ1n) is 11.2. The van der Waals surface area contributed by atoms with E-state index >= 15 is 0 Å². The molecular formula is C26H30N4O2S. The fourth-order valence-electron chi connectivity index (χ4n) is 3.94. The fourth-order valence-corrected chi connectivity index (χ4v) is 4.07. The molecule has 1 heterocycles. The number of fused-ring (bicyclic) bond motifs is 1. The quantitative estimate of drug-likeness (QED) is 0.366. The number of ether oxygens (including phenoxy) is 1. The molecule has 0 aliphatic heterocycles. The number of nitrogens with two attached hydrogens (primary N) is 1. The predicted octanol–water partition coefficient (Wildman–Crippen LogP) is 3.47. The first-order chi connectivity index (χ1) is 16.0. The van der Waals surface area contributed by atoms with Crippen LogP contribution in [0, 0.1) is 0 Å². The molecule has 0 bridgehead atoms. The summed E-state index contributed by atoms with van der Waals surface area (Å²) in [6.07, 6.45) is 0.974. The first kappa shape index (κ1) is 23.1. The molecule has 4 rings (SSSR count). The summed E-state index contributed by atoms with van der Waals surface area (Å²) in [4.78, 5) is 17.6. The van der Waals surface area contributed by atoms with Gasteiger partial charge in [0.25, 0.3) is 5.91 Å². The average molecular weight is 463 g/mol. The van der Waals surface area contributed by atoms with Crippen LogP contribution in [0.2, 0.25) is 0 Å². The van der Waals surface area contributed by atoms with E-state index in [1.54, 1.807) is 6.92 Å². The lowest BCUT2D eigenvalue weighted by Crippen LogP contribution is -2.43. The normalized spacial score (nSPS) is 14.9. The van der Waals surface area contributed by atoms with E-state index in [9.17, 15) is 4.79 Å². The third-order valence-electron chi connectivity index (χ3n) is 5.77. The van der Waals surface area contributed by atoms with Crippen molar-refractivity contribution in [3.05, 3.63) is 77.9 Å². The topological polar surface area (TPSA) is 89.3 Å². The Balaban J connectivity index is 1.47. The number of rotatable bonds is 9. The van der Waals surface area contributed by atoms with Gasteiger partial charge in [-0.2, -0.15) is 12.6 Å². The van der Waals surface area contributed by atoms with Gasteiger partial charge in [0.15, 0.2) is 6.10 Å². The number of hydrogen-bond acceptors (Lipinski definition) is 6. The number of anilines is 1. The highest BCUT2D eigenvalue weighted by molar-refractivity contribution is 7.80. The van der Waals surface area contributed by atoms with Crippen molar-refractivity contribution in [1.29, 1.82) is 0 Å². The number of thiol groups is 1. The number of aromatic nitrogens is 1. The summed E-state index contributed by atoms with van der Waals surface area (Å²) in [6.45, 7) is 2.27. The lowest BCUT2D eigenvalue weighted by Gasteiger charge is -2.20. The summed E-state index contributed by atoms with van der Waals surface area (Å²) in [5.41, 5.74) is 11.0. The van der Waals surface area contributed by atoms with Gasteiger partial charge in [0.2, 0.25) is 5.88 Å². The van der Waals surface area contributed by atoms with Gasteiger partial charge < -0.3 is 21.1 Å². The van der Waals surface area contributed by atoms with Crippen molar-refractivity contribution in [3.63, 3.8) is 0 Å². The molecular weight excluding hydrogens is 432 g/mol. The van der Waals surface area contributed by atoms with E-state index in [2.05, 4.69) is 35.4 Å². The second-order valence-corrected chi connectivity index (χ2v) is 8.75. The van der Waals surface area contributed by atoms with E-state index in [0.29, 0.717) is 23.9 Å². The number of carbonyl (C=O) groups excluding carboxylic acids is 1. The molecule has 1 amide bonds. The molecule has 1 aromatic heterocycles. The molecule has 0 radical (unpaired) electrons. The molecule has 172 valence electrons. The van der Waals surface area contributed by atoms with Crippen molar-refractivity contribution in [2.75, 3.05) is 17.6 Å². The van der Waals surface area contributed by atoms with Crippen LogP contribution in [0.15, 0.2) is 66.7 Å². The van der Waals surface area contributed by atoms with Crippen LogP contribution in [0.3, 0.4) is 0 Å². The SMILES string of the molecule is CC(Oc1nc(-c2ccccc2)ccc1NCC(N)CS)C(=O)NC1Cc2ccccc2C1. The van der Waals surface area contributed by atoms with Crippen molar-refractivity contribution < 1.29 is 9.53 Å². The van der Waals surface area contributed by atoms with Crippen LogP contribution >= 0.6 is 12.6 Å². The summed E-state index contributed by atoms with van der Waals surface area (Å²) >= 11 is 4.24. The van der Waals surface area contributed by atoms with Crippen LogP contribution in [0.4, 0.5) is 5.69 Å². The molecule has 2 aromatic carbocycles. The molecule has 33 heavy (non-hydrogen) atoms. The van der Waals surface area contributed by atoms with Crippen LogP contribution in [-0.2, 0) is 17.6 Å². The van der Waals surface area contributed by atoms with Crippen molar-refractivity contribution >= 4 is 24.2 Å². The number of nitrogens with one attached hydrogen (secondary N) is 2. The van der Waals surface area contributed by atoms with E-state index in [-0.39, 0.29) is 18.0 Å². The number of nitrogens with zero attached hydrogens (tertiary/aromatic N) is 1. The van der Waals surface area contributed by atoms with Crippen LogP contribution in [0.5, 0.6) is 5.88 Å². The van der Waals surface area contributed by atoms with Gasteiger partial charge in [-0.1, -0.05) is 54.6 Å². The molecule has 4 N–H and O–H groups in total. The van der Waals surface area contributed by atoms with Gasteiger partial charge in [0.05, 0.1) is 11.4 Å². The highest BCUT2D eigenvalue weighted by Crippen LogP contribution is 2.28. The molecule has 2 unspecified atom stereocenters. The zero-order valence-corrected chi connectivity index (χ0v) is 19.6. The molecule has 1 aliphatic carbocycles. The van der Waals surface area contributed by atoms with Gasteiger partial charge >= 0.3 is 0 Å². The Labute approximate surface area is 200 Å². The molecule has 0 saturated heterocycles. The monoisotopic (exact) mass is 462 g/mol.